The molecule has 1 aromatic rings. The monoisotopic (exact) mass is 289 g/mol. The third kappa shape index (κ3) is 4.21. The molecular weight excluding hydrogens is 262 g/mol. The largest absolute Gasteiger partial charge is 0.382 e. The van der Waals surface area contributed by atoms with Crippen LogP contribution in [0.2, 0.25) is 0 Å². The van der Waals surface area contributed by atoms with E-state index in [0.717, 1.165) is 24.2 Å². The summed E-state index contributed by atoms with van der Waals surface area (Å²) < 4.78 is 0. The van der Waals surface area contributed by atoms with Crippen LogP contribution in [-0.2, 0) is 0 Å². The fourth-order valence-corrected chi connectivity index (χ4v) is 3.12. The first-order valence-electron chi connectivity index (χ1n) is 8.00. The van der Waals surface area contributed by atoms with E-state index >= 15 is 0 Å². The molecule has 1 aliphatic rings. The molecule has 0 spiro atoms. The van der Waals surface area contributed by atoms with Crippen LogP contribution in [0.3, 0.4) is 0 Å². The van der Waals surface area contributed by atoms with Crippen LogP contribution in [-0.4, -0.2) is 36.5 Å². The van der Waals surface area contributed by atoms with E-state index in [1.54, 1.807) is 6.07 Å². The number of hydrogen-bond donors (Lipinski definition) is 2. The number of benzene rings is 1. The topological polar surface area (TPSA) is 58.4 Å². The van der Waals surface area contributed by atoms with Crippen molar-refractivity contribution in [3.05, 3.63) is 29.3 Å². The molecule has 2 rings (SSSR count). The van der Waals surface area contributed by atoms with Crippen molar-refractivity contribution in [2.24, 2.45) is 5.73 Å². The highest BCUT2D eigenvalue weighted by atomic mass is 16.1. The predicted molar refractivity (Wildman–Crippen MR) is 87.7 cm³/mol. The van der Waals surface area contributed by atoms with Gasteiger partial charge in [-0.15, -0.1) is 0 Å². The number of carbonyl (C=O) groups is 1. The van der Waals surface area contributed by atoms with E-state index in [-0.39, 0.29) is 5.91 Å². The van der Waals surface area contributed by atoms with Crippen LogP contribution in [0.15, 0.2) is 18.2 Å². The Morgan fingerprint density at radius 2 is 2.19 bits per heavy atom. The van der Waals surface area contributed by atoms with E-state index in [0.29, 0.717) is 11.6 Å². The third-order valence-corrected chi connectivity index (χ3v) is 4.32. The average molecular weight is 289 g/mol. The summed E-state index contributed by atoms with van der Waals surface area (Å²) in [6, 6.07) is 6.21. The minimum Gasteiger partial charge on any atom is -0.382 e. The maximum atomic E-state index is 11.4. The summed E-state index contributed by atoms with van der Waals surface area (Å²) in [6.07, 6.45) is 4.78. The molecule has 4 nitrogen and oxygen atoms in total. The normalized spacial score (nSPS) is 20.0. The number of nitrogens with one attached hydrogen (secondary N) is 1. The number of primary amides is 1. The number of amides is 1. The van der Waals surface area contributed by atoms with Crippen LogP contribution in [0.1, 0.15) is 48.5 Å². The standard InChI is InChI=1S/C17H27N3O/c1-3-10-20-11-5-6-14(9-12-20)19-16-8-4-7-15(13(16)2)17(18)21/h4,7-8,14,19H,3,5-6,9-12H2,1-2H3,(H2,18,21). The van der Waals surface area contributed by atoms with Crippen LogP contribution in [0.4, 0.5) is 5.69 Å². The van der Waals surface area contributed by atoms with E-state index in [1.807, 2.05) is 19.1 Å². The minimum atomic E-state index is -0.355. The Hall–Kier alpha value is -1.55. The Kier molecular flexibility index (Phi) is 5.62. The third-order valence-electron chi connectivity index (χ3n) is 4.32. The lowest BCUT2D eigenvalue weighted by molar-refractivity contribution is 0.1000. The van der Waals surface area contributed by atoms with E-state index in [4.69, 9.17) is 5.73 Å². The second-order valence-electron chi connectivity index (χ2n) is 5.96. The highest BCUT2D eigenvalue weighted by Crippen LogP contribution is 2.22. The summed E-state index contributed by atoms with van der Waals surface area (Å²) in [5.41, 5.74) is 8.03. The summed E-state index contributed by atoms with van der Waals surface area (Å²) in [7, 11) is 0. The molecular formula is C17H27N3O. The molecule has 0 aromatic heterocycles. The lowest BCUT2D eigenvalue weighted by atomic mass is 10.0. The van der Waals surface area contributed by atoms with Crippen LogP contribution in [0.5, 0.6) is 0 Å². The van der Waals surface area contributed by atoms with Gasteiger partial charge < -0.3 is 16.0 Å². The van der Waals surface area contributed by atoms with Crippen molar-refractivity contribution in [1.82, 2.24) is 4.90 Å². The number of nitrogens with two attached hydrogens (primary N) is 1. The van der Waals surface area contributed by atoms with Crippen LogP contribution < -0.4 is 11.1 Å². The molecule has 1 atom stereocenters. The van der Waals surface area contributed by atoms with Gasteiger partial charge in [0.15, 0.2) is 0 Å². The second-order valence-corrected chi connectivity index (χ2v) is 5.96. The van der Waals surface area contributed by atoms with Crippen molar-refractivity contribution < 1.29 is 4.79 Å². The summed E-state index contributed by atoms with van der Waals surface area (Å²) in [5.74, 6) is -0.355. The molecule has 0 aliphatic carbocycles. The van der Waals surface area contributed by atoms with Gasteiger partial charge in [-0.25, -0.2) is 0 Å². The fraction of sp³-hybridized carbons (Fsp3) is 0.588. The molecule has 1 heterocycles. The first-order valence-corrected chi connectivity index (χ1v) is 8.00. The molecule has 0 bridgehead atoms. The average Bonchev–Trinajstić information content (AvgIpc) is 2.67. The first-order chi connectivity index (χ1) is 10.1. The molecule has 1 aliphatic heterocycles. The van der Waals surface area contributed by atoms with Crippen LogP contribution >= 0.6 is 0 Å². The number of rotatable bonds is 5. The zero-order valence-electron chi connectivity index (χ0n) is 13.2. The molecule has 1 aromatic carbocycles. The fourth-order valence-electron chi connectivity index (χ4n) is 3.12. The number of anilines is 1. The Labute approximate surface area is 127 Å². The summed E-state index contributed by atoms with van der Waals surface area (Å²) in [6.45, 7) is 7.75. The second kappa shape index (κ2) is 7.46. The van der Waals surface area contributed by atoms with Gasteiger partial charge in [-0.3, -0.25) is 4.79 Å². The lowest BCUT2D eigenvalue weighted by Gasteiger charge is -2.21. The van der Waals surface area contributed by atoms with Gasteiger partial charge in [-0.1, -0.05) is 13.0 Å². The molecule has 1 amide bonds. The summed E-state index contributed by atoms with van der Waals surface area (Å²) >= 11 is 0. The Morgan fingerprint density at radius 3 is 2.90 bits per heavy atom. The van der Waals surface area contributed by atoms with E-state index in [1.165, 1.54) is 32.4 Å². The van der Waals surface area contributed by atoms with Gasteiger partial charge in [0.2, 0.25) is 5.91 Å². The summed E-state index contributed by atoms with van der Waals surface area (Å²) in [5, 5.41) is 3.61. The Morgan fingerprint density at radius 1 is 1.38 bits per heavy atom. The van der Waals surface area contributed by atoms with Crippen molar-refractivity contribution in [3.63, 3.8) is 0 Å². The zero-order valence-corrected chi connectivity index (χ0v) is 13.2. The predicted octanol–water partition coefficient (Wildman–Crippen LogP) is 2.77. The SMILES string of the molecule is CCCN1CCCC(Nc2cccc(C(N)=O)c2C)CC1. The van der Waals surface area contributed by atoms with Crippen molar-refractivity contribution in [3.8, 4) is 0 Å². The van der Waals surface area contributed by atoms with Crippen LogP contribution in [0, 0.1) is 6.92 Å². The highest BCUT2D eigenvalue weighted by Gasteiger charge is 2.17. The van der Waals surface area contributed by atoms with Gasteiger partial charge in [0.25, 0.3) is 0 Å². The van der Waals surface area contributed by atoms with Crippen molar-refractivity contribution >= 4 is 11.6 Å². The molecule has 3 N–H and O–H groups in total. The van der Waals surface area contributed by atoms with Gasteiger partial charge in [0.05, 0.1) is 0 Å². The molecule has 0 saturated carbocycles. The molecule has 0 radical (unpaired) electrons. The van der Waals surface area contributed by atoms with Gasteiger partial charge >= 0.3 is 0 Å². The molecule has 1 fully saturated rings. The molecule has 1 saturated heterocycles. The smallest absolute Gasteiger partial charge is 0.249 e. The number of hydrogen-bond acceptors (Lipinski definition) is 3. The molecule has 1 unspecified atom stereocenters. The van der Waals surface area contributed by atoms with E-state index in [2.05, 4.69) is 17.1 Å². The van der Waals surface area contributed by atoms with E-state index < -0.39 is 0 Å². The quantitative estimate of drug-likeness (QED) is 0.876. The minimum absolute atomic E-state index is 0.355. The van der Waals surface area contributed by atoms with Gasteiger partial charge in [0.1, 0.15) is 0 Å². The molecule has 4 heteroatoms. The van der Waals surface area contributed by atoms with Gasteiger partial charge in [0, 0.05) is 23.8 Å². The maximum Gasteiger partial charge on any atom is 0.249 e. The Balaban J connectivity index is 2.02. The van der Waals surface area contributed by atoms with Gasteiger partial charge in [-0.2, -0.15) is 0 Å². The lowest BCUT2D eigenvalue weighted by Crippen LogP contribution is -2.27. The van der Waals surface area contributed by atoms with E-state index in [9.17, 15) is 4.79 Å². The summed E-state index contributed by atoms with van der Waals surface area (Å²) in [4.78, 5) is 14.0. The zero-order chi connectivity index (χ0) is 15.2. The number of likely N-dealkylation sites (tertiary alicyclic amines) is 1. The highest BCUT2D eigenvalue weighted by molar-refractivity contribution is 5.95. The van der Waals surface area contributed by atoms with Crippen molar-refractivity contribution in [2.45, 2.75) is 45.6 Å². The molecule has 116 valence electrons. The van der Waals surface area contributed by atoms with Gasteiger partial charge in [-0.05, 0) is 63.4 Å². The van der Waals surface area contributed by atoms with Crippen molar-refractivity contribution in [2.75, 3.05) is 25.0 Å². The van der Waals surface area contributed by atoms with Crippen LogP contribution in [0.25, 0.3) is 0 Å². The first kappa shape index (κ1) is 15.8. The van der Waals surface area contributed by atoms with Crippen molar-refractivity contribution in [1.29, 1.82) is 0 Å². The molecule has 21 heavy (non-hydrogen) atoms. The number of nitrogens with zero attached hydrogens (tertiary/aromatic N) is 1. The number of carbonyl (C=O) groups excluding carboxylic acids is 1. The Bertz CT molecular complexity index is 487. The maximum absolute atomic E-state index is 11.4.